The van der Waals surface area contributed by atoms with Crippen LogP contribution in [-0.4, -0.2) is 22.1 Å². The predicted octanol–water partition coefficient (Wildman–Crippen LogP) is 2.63. The Morgan fingerprint density at radius 2 is 1.96 bits per heavy atom. The van der Waals surface area contributed by atoms with Crippen LogP contribution in [0.25, 0.3) is 21.3 Å². The Kier molecular flexibility index (Phi) is 4.59. The highest BCUT2D eigenvalue weighted by atomic mass is 32.1. The molecule has 0 radical (unpaired) electrons. The summed E-state index contributed by atoms with van der Waals surface area (Å²) >= 11 is 1.47. The van der Waals surface area contributed by atoms with Gasteiger partial charge in [0.05, 0.1) is 12.0 Å². The van der Waals surface area contributed by atoms with Crippen LogP contribution in [0.4, 0.5) is 0 Å². The van der Waals surface area contributed by atoms with E-state index in [1.165, 1.54) is 15.9 Å². The number of aromatic nitrogens is 2. The number of aryl methyl sites for hydroxylation is 2. The SMILES string of the molecule is CCOc1ccc(-c2c(C)sc3nc(C)n(CC(N)=O)c(=O)c23)cc1. The predicted molar refractivity (Wildman–Crippen MR) is 99.2 cm³/mol. The van der Waals surface area contributed by atoms with Crippen molar-refractivity contribution in [1.82, 2.24) is 9.55 Å². The summed E-state index contributed by atoms with van der Waals surface area (Å²) in [6, 6.07) is 7.62. The third kappa shape index (κ3) is 3.15. The molecule has 0 atom stereocenters. The normalized spacial score (nSPS) is 11.0. The molecule has 0 saturated heterocycles. The molecular formula is C18H19N3O3S. The van der Waals surface area contributed by atoms with Gasteiger partial charge in [0.25, 0.3) is 5.56 Å². The van der Waals surface area contributed by atoms with Crippen LogP contribution in [0.15, 0.2) is 29.1 Å². The van der Waals surface area contributed by atoms with Crippen molar-refractivity contribution in [3.63, 3.8) is 0 Å². The molecule has 130 valence electrons. The maximum Gasteiger partial charge on any atom is 0.263 e. The highest BCUT2D eigenvalue weighted by Crippen LogP contribution is 2.36. The van der Waals surface area contributed by atoms with E-state index < -0.39 is 5.91 Å². The summed E-state index contributed by atoms with van der Waals surface area (Å²) in [6.07, 6.45) is 0. The van der Waals surface area contributed by atoms with Crippen LogP contribution in [0, 0.1) is 13.8 Å². The van der Waals surface area contributed by atoms with E-state index >= 15 is 0 Å². The number of primary amides is 1. The minimum atomic E-state index is -0.569. The maximum atomic E-state index is 13.0. The van der Waals surface area contributed by atoms with Crippen molar-refractivity contribution in [2.24, 2.45) is 5.73 Å². The van der Waals surface area contributed by atoms with Gasteiger partial charge in [-0.15, -0.1) is 11.3 Å². The lowest BCUT2D eigenvalue weighted by molar-refractivity contribution is -0.118. The summed E-state index contributed by atoms with van der Waals surface area (Å²) < 4.78 is 6.80. The van der Waals surface area contributed by atoms with Crippen molar-refractivity contribution in [1.29, 1.82) is 0 Å². The second-order valence-corrected chi connectivity index (χ2v) is 6.89. The van der Waals surface area contributed by atoms with E-state index in [1.807, 2.05) is 38.1 Å². The van der Waals surface area contributed by atoms with Gasteiger partial charge >= 0.3 is 0 Å². The Bertz CT molecular complexity index is 1000. The van der Waals surface area contributed by atoms with E-state index in [0.717, 1.165) is 21.8 Å². The molecule has 0 saturated carbocycles. The van der Waals surface area contributed by atoms with Crippen LogP contribution >= 0.6 is 11.3 Å². The number of nitrogens with two attached hydrogens (primary N) is 1. The molecule has 3 rings (SSSR count). The molecule has 3 aromatic rings. The summed E-state index contributed by atoms with van der Waals surface area (Å²) in [5, 5.41) is 0.526. The Morgan fingerprint density at radius 1 is 1.28 bits per heavy atom. The average Bonchev–Trinajstić information content (AvgIpc) is 2.88. The first-order valence-electron chi connectivity index (χ1n) is 7.94. The van der Waals surface area contributed by atoms with Gasteiger partial charge in [0.1, 0.15) is 22.9 Å². The maximum absolute atomic E-state index is 13.0. The second-order valence-electron chi connectivity index (χ2n) is 5.69. The Balaban J connectivity index is 2.23. The third-order valence-electron chi connectivity index (χ3n) is 3.95. The molecule has 0 unspecified atom stereocenters. The van der Waals surface area contributed by atoms with Gasteiger partial charge in [0.15, 0.2) is 0 Å². The van der Waals surface area contributed by atoms with Crippen LogP contribution in [0.3, 0.4) is 0 Å². The molecule has 0 aliphatic carbocycles. The summed E-state index contributed by atoms with van der Waals surface area (Å²) in [7, 11) is 0. The zero-order chi connectivity index (χ0) is 18.1. The molecule has 1 aromatic carbocycles. The fourth-order valence-corrected chi connectivity index (χ4v) is 3.95. The average molecular weight is 357 g/mol. The first kappa shape index (κ1) is 17.2. The summed E-state index contributed by atoms with van der Waals surface area (Å²) in [6.45, 7) is 6.02. The summed E-state index contributed by atoms with van der Waals surface area (Å²) in [5.41, 5.74) is 6.79. The first-order chi connectivity index (χ1) is 11.9. The second kappa shape index (κ2) is 6.68. The standard InChI is InChI=1S/C18H19N3O3S/c1-4-24-13-7-5-12(6-8-13)15-10(2)25-17-16(15)18(23)21(9-14(19)22)11(3)20-17/h5-8H,4,9H2,1-3H3,(H2,19,22). The van der Waals surface area contributed by atoms with Gasteiger partial charge in [0, 0.05) is 10.4 Å². The third-order valence-corrected chi connectivity index (χ3v) is 4.95. The number of fused-ring (bicyclic) bond motifs is 1. The smallest absolute Gasteiger partial charge is 0.263 e. The van der Waals surface area contributed by atoms with Gasteiger partial charge in [0.2, 0.25) is 5.91 Å². The van der Waals surface area contributed by atoms with Crippen molar-refractivity contribution >= 4 is 27.5 Å². The van der Waals surface area contributed by atoms with Crippen LogP contribution in [0.2, 0.25) is 0 Å². The van der Waals surface area contributed by atoms with E-state index in [9.17, 15) is 9.59 Å². The summed E-state index contributed by atoms with van der Waals surface area (Å²) in [4.78, 5) is 30.4. The number of carbonyl (C=O) groups is 1. The lowest BCUT2D eigenvalue weighted by Gasteiger charge is -2.09. The number of nitrogens with zero attached hydrogens (tertiary/aromatic N) is 2. The van der Waals surface area contributed by atoms with Crippen molar-refractivity contribution in [2.75, 3.05) is 6.61 Å². The quantitative estimate of drug-likeness (QED) is 0.760. The number of benzene rings is 1. The molecule has 0 spiro atoms. The van der Waals surface area contributed by atoms with Crippen LogP contribution in [-0.2, 0) is 11.3 Å². The molecule has 25 heavy (non-hydrogen) atoms. The van der Waals surface area contributed by atoms with Crippen molar-refractivity contribution in [3.8, 4) is 16.9 Å². The largest absolute Gasteiger partial charge is 0.494 e. The minimum Gasteiger partial charge on any atom is -0.494 e. The number of carbonyl (C=O) groups excluding carboxylic acids is 1. The number of amides is 1. The zero-order valence-corrected chi connectivity index (χ0v) is 15.1. The molecule has 0 bridgehead atoms. The molecule has 2 heterocycles. The minimum absolute atomic E-state index is 0.175. The van der Waals surface area contributed by atoms with Crippen molar-refractivity contribution in [2.45, 2.75) is 27.3 Å². The van der Waals surface area contributed by atoms with E-state index in [0.29, 0.717) is 22.6 Å². The van der Waals surface area contributed by atoms with Crippen LogP contribution in [0.1, 0.15) is 17.6 Å². The van der Waals surface area contributed by atoms with Gasteiger partial charge in [-0.25, -0.2) is 4.98 Å². The first-order valence-corrected chi connectivity index (χ1v) is 8.76. The number of rotatable bonds is 5. The molecule has 2 N–H and O–H groups in total. The fourth-order valence-electron chi connectivity index (χ4n) is 2.87. The van der Waals surface area contributed by atoms with Crippen molar-refractivity contribution < 1.29 is 9.53 Å². The van der Waals surface area contributed by atoms with Gasteiger partial charge in [-0.05, 0) is 38.5 Å². The molecule has 6 nitrogen and oxygen atoms in total. The van der Waals surface area contributed by atoms with E-state index in [-0.39, 0.29) is 12.1 Å². The van der Waals surface area contributed by atoms with E-state index in [4.69, 9.17) is 10.5 Å². The molecule has 0 aliphatic heterocycles. The zero-order valence-electron chi connectivity index (χ0n) is 14.3. The molecule has 1 amide bonds. The van der Waals surface area contributed by atoms with E-state index in [2.05, 4.69) is 4.98 Å². The van der Waals surface area contributed by atoms with Gasteiger partial charge in [-0.2, -0.15) is 0 Å². The number of hydrogen-bond donors (Lipinski definition) is 1. The summed E-state index contributed by atoms with van der Waals surface area (Å²) in [5.74, 6) is 0.695. The number of ether oxygens (including phenoxy) is 1. The number of thiophene rings is 1. The Hall–Kier alpha value is -2.67. The fraction of sp³-hybridized carbons (Fsp3) is 0.278. The molecular weight excluding hydrogens is 338 g/mol. The Labute approximate surface area is 148 Å². The highest BCUT2D eigenvalue weighted by molar-refractivity contribution is 7.19. The highest BCUT2D eigenvalue weighted by Gasteiger charge is 2.19. The molecule has 7 heteroatoms. The van der Waals surface area contributed by atoms with Crippen LogP contribution < -0.4 is 16.0 Å². The topological polar surface area (TPSA) is 87.2 Å². The van der Waals surface area contributed by atoms with Crippen LogP contribution in [0.5, 0.6) is 5.75 Å². The molecule has 0 aliphatic rings. The van der Waals surface area contributed by atoms with Crippen molar-refractivity contribution in [3.05, 3.63) is 45.3 Å². The monoisotopic (exact) mass is 357 g/mol. The number of hydrogen-bond acceptors (Lipinski definition) is 5. The van der Waals surface area contributed by atoms with Gasteiger partial charge in [-0.3, -0.25) is 14.2 Å². The molecule has 0 fully saturated rings. The lowest BCUT2D eigenvalue weighted by atomic mass is 10.0. The Morgan fingerprint density at radius 3 is 2.56 bits per heavy atom. The molecule has 2 aromatic heterocycles. The van der Waals surface area contributed by atoms with Gasteiger partial charge < -0.3 is 10.5 Å². The lowest BCUT2D eigenvalue weighted by Crippen LogP contribution is -2.30. The van der Waals surface area contributed by atoms with E-state index in [1.54, 1.807) is 6.92 Å². The van der Waals surface area contributed by atoms with Gasteiger partial charge in [-0.1, -0.05) is 12.1 Å².